The summed E-state index contributed by atoms with van der Waals surface area (Å²) in [6.45, 7) is -3.13. The van der Waals surface area contributed by atoms with E-state index in [1.165, 1.54) is 0 Å². The van der Waals surface area contributed by atoms with E-state index in [0.717, 1.165) is 0 Å². The summed E-state index contributed by atoms with van der Waals surface area (Å²) < 4.78 is 28.9. The highest BCUT2D eigenvalue weighted by Gasteiger charge is 2.37. The minimum Gasteiger partial charge on any atom is -0.396 e. The Balaban J connectivity index is 0. The van der Waals surface area contributed by atoms with E-state index < -0.39 is 47.5 Å². The second-order valence-electron chi connectivity index (χ2n) is 3.29. The maximum Gasteiger partial charge on any atom is 0.481 e. The Bertz CT molecular complexity index is 316. The second kappa shape index (κ2) is 7.88. The molecule has 0 aliphatic carbocycles. The summed E-state index contributed by atoms with van der Waals surface area (Å²) in [4.78, 5) is 25.4. The Morgan fingerprint density at radius 1 is 0.944 bits per heavy atom. The zero-order valence-electron chi connectivity index (χ0n) is 8.95. The van der Waals surface area contributed by atoms with Crippen LogP contribution >= 0.6 is 28.1 Å². The number of aliphatic hydroxyl groups is 3. The number of phosphoric acid groups is 2. The average Bonchev–Trinajstić information content (AvgIpc) is 2.17. The molecule has 13 heteroatoms. The molecule has 0 heterocycles. The molecule has 0 aliphatic rings. The summed E-state index contributed by atoms with van der Waals surface area (Å²) in [5.74, 6) is 0. The van der Waals surface area contributed by atoms with Gasteiger partial charge in [-0.1, -0.05) is 0 Å². The standard InChI is InChI=1S/C5H14O10P2.ClH/c6-1-5(2-7,3-8)4-14-17(12,13)15-16(9,10)11;/h6-8H,1-4H2,(H,12,13)(H2,9,10,11);1H. The minimum absolute atomic E-state index is 0. The maximum absolute atomic E-state index is 11.0. The van der Waals surface area contributed by atoms with Crippen molar-refractivity contribution in [2.45, 2.75) is 0 Å². The molecule has 6 N–H and O–H groups in total. The summed E-state index contributed by atoms with van der Waals surface area (Å²) in [6, 6.07) is 0. The molecule has 10 nitrogen and oxygen atoms in total. The summed E-state index contributed by atoms with van der Waals surface area (Å²) in [7, 11) is -10.3. The molecule has 18 heavy (non-hydrogen) atoms. The smallest absolute Gasteiger partial charge is 0.396 e. The molecule has 0 saturated carbocycles. The molecule has 0 aromatic rings. The first kappa shape index (κ1) is 20.7. The Kier molecular flexibility index (Phi) is 9.08. The van der Waals surface area contributed by atoms with Crippen LogP contribution in [0, 0.1) is 5.41 Å². The highest BCUT2D eigenvalue weighted by atomic mass is 35.5. The third-order valence-corrected chi connectivity index (χ3v) is 3.88. The molecule has 0 radical (unpaired) electrons. The molecule has 0 bridgehead atoms. The molecular weight excluding hydrogens is 317 g/mol. The van der Waals surface area contributed by atoms with Crippen LogP contribution in [-0.2, 0) is 18.0 Å². The van der Waals surface area contributed by atoms with Crippen LogP contribution in [0.1, 0.15) is 0 Å². The van der Waals surface area contributed by atoms with Gasteiger partial charge in [0.25, 0.3) is 0 Å². The van der Waals surface area contributed by atoms with Crippen molar-refractivity contribution in [3.05, 3.63) is 0 Å². The van der Waals surface area contributed by atoms with Gasteiger partial charge in [0, 0.05) is 0 Å². The summed E-state index contributed by atoms with van der Waals surface area (Å²) in [5.41, 5.74) is -1.61. The van der Waals surface area contributed by atoms with Crippen LogP contribution in [0.3, 0.4) is 0 Å². The minimum atomic E-state index is -5.22. The fourth-order valence-electron chi connectivity index (χ4n) is 0.663. The van der Waals surface area contributed by atoms with Gasteiger partial charge in [0.2, 0.25) is 0 Å². The van der Waals surface area contributed by atoms with Crippen LogP contribution in [0.2, 0.25) is 0 Å². The van der Waals surface area contributed by atoms with E-state index in [9.17, 15) is 9.13 Å². The van der Waals surface area contributed by atoms with Crippen molar-refractivity contribution in [2.24, 2.45) is 5.41 Å². The molecule has 0 aliphatic heterocycles. The molecular formula is C5H15ClO10P2. The van der Waals surface area contributed by atoms with E-state index in [1.807, 2.05) is 0 Å². The first-order valence-electron chi connectivity index (χ1n) is 4.16. The monoisotopic (exact) mass is 332 g/mol. The van der Waals surface area contributed by atoms with Crippen LogP contribution in [0.5, 0.6) is 0 Å². The molecule has 112 valence electrons. The van der Waals surface area contributed by atoms with Crippen molar-refractivity contribution in [3.63, 3.8) is 0 Å². The van der Waals surface area contributed by atoms with E-state index in [4.69, 9.17) is 30.0 Å². The van der Waals surface area contributed by atoms with Gasteiger partial charge in [-0.25, -0.2) is 9.13 Å². The Morgan fingerprint density at radius 3 is 1.61 bits per heavy atom. The SMILES string of the molecule is Cl.O=P(O)(O)OP(=O)(O)OCC(CO)(CO)CO. The maximum atomic E-state index is 11.0. The van der Waals surface area contributed by atoms with Crippen molar-refractivity contribution in [1.29, 1.82) is 0 Å². The number of phosphoric ester groups is 1. The van der Waals surface area contributed by atoms with E-state index in [1.54, 1.807) is 0 Å². The quantitative estimate of drug-likeness (QED) is 0.290. The third-order valence-electron chi connectivity index (χ3n) is 1.75. The van der Waals surface area contributed by atoms with Crippen LogP contribution in [0.25, 0.3) is 0 Å². The lowest BCUT2D eigenvalue weighted by Crippen LogP contribution is -2.38. The first-order chi connectivity index (χ1) is 7.60. The van der Waals surface area contributed by atoms with Crippen LogP contribution < -0.4 is 0 Å². The number of aliphatic hydroxyl groups excluding tert-OH is 3. The lowest BCUT2D eigenvalue weighted by molar-refractivity contribution is -0.0316. The van der Waals surface area contributed by atoms with E-state index in [0.29, 0.717) is 0 Å². The lowest BCUT2D eigenvalue weighted by atomic mass is 9.93. The van der Waals surface area contributed by atoms with Gasteiger partial charge >= 0.3 is 15.6 Å². The predicted molar refractivity (Wildman–Crippen MR) is 59.8 cm³/mol. The largest absolute Gasteiger partial charge is 0.481 e. The van der Waals surface area contributed by atoms with Crippen LogP contribution in [-0.4, -0.2) is 56.4 Å². The fraction of sp³-hybridized carbons (Fsp3) is 1.00. The van der Waals surface area contributed by atoms with Crippen LogP contribution in [0.15, 0.2) is 0 Å². The van der Waals surface area contributed by atoms with E-state index >= 15 is 0 Å². The van der Waals surface area contributed by atoms with E-state index in [-0.39, 0.29) is 12.4 Å². The van der Waals surface area contributed by atoms with Crippen molar-refractivity contribution >= 4 is 28.1 Å². The fourth-order valence-corrected chi connectivity index (χ4v) is 2.36. The van der Waals surface area contributed by atoms with Crippen LogP contribution in [0.4, 0.5) is 0 Å². The van der Waals surface area contributed by atoms with Crippen molar-refractivity contribution in [2.75, 3.05) is 26.4 Å². The molecule has 1 atom stereocenters. The van der Waals surface area contributed by atoms with E-state index in [2.05, 4.69) is 8.83 Å². The van der Waals surface area contributed by atoms with Crippen molar-refractivity contribution in [1.82, 2.24) is 0 Å². The van der Waals surface area contributed by atoms with Gasteiger partial charge in [0.15, 0.2) is 0 Å². The Labute approximate surface area is 108 Å². The second-order valence-corrected chi connectivity index (χ2v) is 6.12. The molecule has 0 aromatic carbocycles. The summed E-state index contributed by atoms with van der Waals surface area (Å²) in [5, 5.41) is 26.5. The number of hydrogen-bond donors (Lipinski definition) is 6. The zero-order chi connectivity index (χ0) is 13.7. The molecule has 0 aromatic heterocycles. The Morgan fingerprint density at radius 2 is 1.33 bits per heavy atom. The number of hydrogen-bond acceptors (Lipinski definition) is 7. The van der Waals surface area contributed by atoms with Gasteiger partial charge in [-0.3, -0.25) is 4.52 Å². The lowest BCUT2D eigenvalue weighted by Gasteiger charge is -2.27. The highest BCUT2D eigenvalue weighted by molar-refractivity contribution is 7.60. The average molecular weight is 333 g/mol. The normalized spacial score (nSPS) is 15.9. The van der Waals surface area contributed by atoms with Gasteiger partial charge in [0.1, 0.15) is 0 Å². The van der Waals surface area contributed by atoms with Gasteiger partial charge in [-0.15, -0.1) is 12.4 Å². The zero-order valence-corrected chi connectivity index (χ0v) is 11.6. The number of halogens is 1. The molecule has 1 unspecified atom stereocenters. The Hall–Kier alpha value is 0.430. The third kappa shape index (κ3) is 7.78. The summed E-state index contributed by atoms with van der Waals surface area (Å²) >= 11 is 0. The van der Waals surface area contributed by atoms with Gasteiger partial charge in [-0.05, 0) is 0 Å². The van der Waals surface area contributed by atoms with Gasteiger partial charge in [0.05, 0.1) is 31.8 Å². The highest BCUT2D eigenvalue weighted by Crippen LogP contribution is 2.57. The molecule has 0 saturated heterocycles. The van der Waals surface area contributed by atoms with Crippen molar-refractivity contribution in [3.8, 4) is 0 Å². The number of rotatable bonds is 8. The molecule has 0 spiro atoms. The van der Waals surface area contributed by atoms with Gasteiger partial charge in [-0.2, -0.15) is 4.31 Å². The van der Waals surface area contributed by atoms with Crippen molar-refractivity contribution < 1.29 is 48.0 Å². The van der Waals surface area contributed by atoms with Gasteiger partial charge < -0.3 is 30.0 Å². The molecule has 0 amide bonds. The molecule has 0 rings (SSSR count). The predicted octanol–water partition coefficient (Wildman–Crippen LogP) is -1.40. The summed E-state index contributed by atoms with van der Waals surface area (Å²) in [6.07, 6.45) is 0. The topological polar surface area (TPSA) is 174 Å². The first-order valence-corrected chi connectivity index (χ1v) is 7.19. The molecule has 0 fully saturated rings.